The molecule has 0 aliphatic rings. The number of nitrogens with two attached hydrogens (primary N) is 1. The number of carbonyl (C=O) groups excluding carboxylic acids is 1. The monoisotopic (exact) mass is 195 g/mol. The van der Waals surface area contributed by atoms with Crippen LogP contribution in [0.5, 0.6) is 0 Å². The molecular weight excluding hydrogens is 181 g/mol. The largest absolute Gasteiger partial charge is 0.319 e. The van der Waals surface area contributed by atoms with Crippen molar-refractivity contribution in [1.29, 1.82) is 0 Å². The van der Waals surface area contributed by atoms with Gasteiger partial charge >= 0.3 is 0 Å². The summed E-state index contributed by atoms with van der Waals surface area (Å²) in [5, 5.41) is 0. The molecule has 0 saturated carbocycles. The first-order chi connectivity index (χ1) is 6.32. The third-order valence-corrected chi connectivity index (χ3v) is 1.95. The van der Waals surface area contributed by atoms with Crippen molar-refractivity contribution in [3.8, 4) is 0 Å². The number of ketones is 1. The van der Waals surface area contributed by atoms with Crippen LogP contribution >= 0.6 is 0 Å². The molecule has 0 aliphatic heterocycles. The third kappa shape index (κ3) is 2.17. The number of halogens is 1. The zero-order chi connectivity index (χ0) is 10.9. The lowest BCUT2D eigenvalue weighted by Crippen LogP contribution is -2.41. The second kappa shape index (κ2) is 3.50. The highest BCUT2D eigenvalue weighted by Gasteiger charge is 2.25. The van der Waals surface area contributed by atoms with Gasteiger partial charge in [0.25, 0.3) is 0 Å². The summed E-state index contributed by atoms with van der Waals surface area (Å²) < 4.78 is 13.4. The molecule has 0 aromatic heterocycles. The first kappa shape index (κ1) is 10.9. The van der Waals surface area contributed by atoms with Crippen molar-refractivity contribution in [2.24, 2.45) is 5.73 Å². The van der Waals surface area contributed by atoms with Gasteiger partial charge in [-0.2, -0.15) is 0 Å². The standard InChI is InChI=1S/C11H14FNO/c1-7-4-5-8(9(12)6-7)10(14)11(2,3)13/h4-6H,13H2,1-3H3. The lowest BCUT2D eigenvalue weighted by molar-refractivity contribution is 0.0909. The Bertz CT molecular complexity index is 366. The average Bonchev–Trinajstić information content (AvgIpc) is 2.01. The van der Waals surface area contributed by atoms with Crippen LogP contribution in [-0.4, -0.2) is 11.3 Å². The summed E-state index contributed by atoms with van der Waals surface area (Å²) in [5.74, 6) is -0.886. The molecule has 0 spiro atoms. The van der Waals surface area contributed by atoms with E-state index in [1.54, 1.807) is 26.8 Å². The molecule has 0 atom stereocenters. The van der Waals surface area contributed by atoms with Crippen LogP contribution in [0.3, 0.4) is 0 Å². The molecule has 0 unspecified atom stereocenters. The Hall–Kier alpha value is -1.22. The van der Waals surface area contributed by atoms with Gasteiger partial charge in [-0.05, 0) is 38.5 Å². The molecule has 0 amide bonds. The van der Waals surface area contributed by atoms with Crippen molar-refractivity contribution < 1.29 is 9.18 Å². The summed E-state index contributed by atoms with van der Waals surface area (Å²) in [7, 11) is 0. The summed E-state index contributed by atoms with van der Waals surface area (Å²) in [4.78, 5) is 11.6. The highest BCUT2D eigenvalue weighted by atomic mass is 19.1. The maximum Gasteiger partial charge on any atom is 0.184 e. The predicted octanol–water partition coefficient (Wildman–Crippen LogP) is 2.05. The van der Waals surface area contributed by atoms with Gasteiger partial charge in [-0.25, -0.2) is 4.39 Å². The van der Waals surface area contributed by atoms with Gasteiger partial charge in [0.1, 0.15) is 5.82 Å². The maximum absolute atomic E-state index is 13.4. The Morgan fingerprint density at radius 2 is 2.00 bits per heavy atom. The molecule has 0 saturated heterocycles. The molecule has 0 heterocycles. The first-order valence-electron chi connectivity index (χ1n) is 4.42. The van der Waals surface area contributed by atoms with Crippen LogP contribution < -0.4 is 5.73 Å². The normalized spacial score (nSPS) is 11.5. The maximum atomic E-state index is 13.4. The second-order valence-electron chi connectivity index (χ2n) is 4.03. The van der Waals surface area contributed by atoms with Crippen LogP contribution in [0.15, 0.2) is 18.2 Å². The van der Waals surface area contributed by atoms with Crippen molar-refractivity contribution in [2.45, 2.75) is 26.3 Å². The van der Waals surface area contributed by atoms with E-state index in [9.17, 15) is 9.18 Å². The predicted molar refractivity (Wildman–Crippen MR) is 53.7 cm³/mol. The zero-order valence-electron chi connectivity index (χ0n) is 8.60. The third-order valence-electron chi connectivity index (χ3n) is 1.95. The summed E-state index contributed by atoms with van der Waals surface area (Å²) in [6, 6.07) is 4.50. The van der Waals surface area contributed by atoms with Gasteiger partial charge in [-0.1, -0.05) is 6.07 Å². The minimum absolute atomic E-state index is 0.0584. The molecule has 3 heteroatoms. The van der Waals surface area contributed by atoms with Crippen molar-refractivity contribution >= 4 is 5.78 Å². The van der Waals surface area contributed by atoms with E-state index in [-0.39, 0.29) is 11.3 Å². The lowest BCUT2D eigenvalue weighted by Gasteiger charge is -2.17. The topological polar surface area (TPSA) is 43.1 Å². The minimum atomic E-state index is -1.03. The average molecular weight is 195 g/mol. The summed E-state index contributed by atoms with van der Waals surface area (Å²) >= 11 is 0. The number of Topliss-reactive ketones (excluding diaryl/α,β-unsaturated/α-hetero) is 1. The van der Waals surface area contributed by atoms with E-state index >= 15 is 0 Å². The van der Waals surface area contributed by atoms with Gasteiger partial charge in [-0.3, -0.25) is 4.79 Å². The number of hydrogen-bond donors (Lipinski definition) is 1. The molecule has 1 aromatic carbocycles. The Labute approximate surface area is 82.9 Å². The van der Waals surface area contributed by atoms with E-state index in [0.717, 1.165) is 5.56 Å². The van der Waals surface area contributed by atoms with Gasteiger partial charge in [0.15, 0.2) is 5.78 Å². The highest BCUT2D eigenvalue weighted by Crippen LogP contribution is 2.15. The molecular formula is C11H14FNO. The summed E-state index contributed by atoms with van der Waals surface area (Å²) in [5.41, 5.74) is 5.41. The van der Waals surface area contributed by atoms with E-state index in [0.29, 0.717) is 0 Å². The SMILES string of the molecule is Cc1ccc(C(=O)C(C)(C)N)c(F)c1. The second-order valence-corrected chi connectivity index (χ2v) is 4.03. The molecule has 2 nitrogen and oxygen atoms in total. The number of benzene rings is 1. The first-order valence-corrected chi connectivity index (χ1v) is 4.42. The number of carbonyl (C=O) groups is 1. The lowest BCUT2D eigenvalue weighted by atomic mass is 9.93. The number of hydrogen-bond acceptors (Lipinski definition) is 2. The fourth-order valence-electron chi connectivity index (χ4n) is 1.15. The molecule has 2 N–H and O–H groups in total. The van der Waals surface area contributed by atoms with Gasteiger partial charge in [0, 0.05) is 0 Å². The van der Waals surface area contributed by atoms with Crippen LogP contribution in [0, 0.1) is 12.7 Å². The Kier molecular flexibility index (Phi) is 2.71. The molecule has 14 heavy (non-hydrogen) atoms. The van der Waals surface area contributed by atoms with E-state index in [4.69, 9.17) is 5.73 Å². The summed E-state index contributed by atoms with van der Waals surface area (Å²) in [6.07, 6.45) is 0. The molecule has 1 aromatic rings. The van der Waals surface area contributed by atoms with Crippen molar-refractivity contribution in [2.75, 3.05) is 0 Å². The fourth-order valence-corrected chi connectivity index (χ4v) is 1.15. The molecule has 76 valence electrons. The quantitative estimate of drug-likeness (QED) is 0.734. The minimum Gasteiger partial charge on any atom is -0.319 e. The van der Waals surface area contributed by atoms with Crippen LogP contribution in [0.25, 0.3) is 0 Å². The molecule has 1 rings (SSSR count). The van der Waals surface area contributed by atoms with E-state index in [1.807, 2.05) is 0 Å². The Morgan fingerprint density at radius 3 is 2.43 bits per heavy atom. The van der Waals surface area contributed by atoms with Crippen molar-refractivity contribution in [3.05, 3.63) is 35.1 Å². The number of rotatable bonds is 2. The van der Waals surface area contributed by atoms with E-state index in [1.165, 1.54) is 12.1 Å². The van der Waals surface area contributed by atoms with Crippen molar-refractivity contribution in [3.63, 3.8) is 0 Å². The molecule has 0 fully saturated rings. The Morgan fingerprint density at radius 1 is 1.43 bits per heavy atom. The van der Waals surface area contributed by atoms with Crippen LogP contribution in [0.2, 0.25) is 0 Å². The van der Waals surface area contributed by atoms with Crippen LogP contribution in [0.1, 0.15) is 29.8 Å². The Balaban J connectivity index is 3.15. The van der Waals surface area contributed by atoms with Crippen molar-refractivity contribution in [1.82, 2.24) is 0 Å². The smallest absolute Gasteiger partial charge is 0.184 e. The molecule has 0 aliphatic carbocycles. The molecule has 0 bridgehead atoms. The van der Waals surface area contributed by atoms with Crippen LogP contribution in [0.4, 0.5) is 4.39 Å². The van der Waals surface area contributed by atoms with Gasteiger partial charge < -0.3 is 5.73 Å². The summed E-state index contributed by atoms with van der Waals surface area (Å²) in [6.45, 7) is 4.90. The van der Waals surface area contributed by atoms with Gasteiger partial charge in [-0.15, -0.1) is 0 Å². The van der Waals surface area contributed by atoms with Crippen LogP contribution in [-0.2, 0) is 0 Å². The highest BCUT2D eigenvalue weighted by molar-refractivity contribution is 6.02. The van der Waals surface area contributed by atoms with E-state index in [2.05, 4.69) is 0 Å². The fraction of sp³-hybridized carbons (Fsp3) is 0.364. The van der Waals surface area contributed by atoms with Gasteiger partial charge in [0.05, 0.1) is 11.1 Å². The van der Waals surface area contributed by atoms with E-state index < -0.39 is 11.4 Å². The molecule has 0 radical (unpaired) electrons. The zero-order valence-corrected chi connectivity index (χ0v) is 8.60. The number of aryl methyl sites for hydroxylation is 1. The van der Waals surface area contributed by atoms with Gasteiger partial charge in [0.2, 0.25) is 0 Å².